The first-order valence-corrected chi connectivity index (χ1v) is 2.52. The zero-order chi connectivity index (χ0) is 6.41. The van der Waals surface area contributed by atoms with Gasteiger partial charge in [0, 0.05) is 6.42 Å². The van der Waals surface area contributed by atoms with E-state index in [1.54, 1.807) is 6.92 Å². The Morgan fingerprint density at radius 1 is 1.50 bits per heavy atom. The maximum absolute atomic E-state index is 8.59. The first-order chi connectivity index (χ1) is 3.77. The van der Waals surface area contributed by atoms with E-state index in [0.29, 0.717) is 6.42 Å². The fourth-order valence-corrected chi connectivity index (χ4v) is 0.276. The van der Waals surface area contributed by atoms with Gasteiger partial charge in [-0.05, 0) is 6.92 Å². The molecule has 0 fully saturated rings. The molecule has 46 valence electrons. The van der Waals surface area contributed by atoms with Crippen molar-refractivity contribution in [2.45, 2.75) is 19.4 Å². The Morgan fingerprint density at radius 3 is 2.50 bits per heavy atom. The van der Waals surface area contributed by atoms with Crippen LogP contribution in [0.2, 0.25) is 0 Å². The molecule has 1 atom stereocenters. The number of aliphatic hydroxyl groups excluding tert-OH is 2. The highest BCUT2D eigenvalue weighted by Gasteiger charge is 1.86. The van der Waals surface area contributed by atoms with Crippen molar-refractivity contribution < 1.29 is 10.2 Å². The first kappa shape index (κ1) is 7.48. The summed E-state index contributed by atoms with van der Waals surface area (Å²) in [5, 5.41) is 16.7. The Morgan fingerprint density at radius 2 is 2.12 bits per heavy atom. The van der Waals surface area contributed by atoms with Crippen molar-refractivity contribution in [3.05, 3.63) is 0 Å². The molecule has 0 saturated carbocycles. The molecule has 0 radical (unpaired) electrons. The lowest BCUT2D eigenvalue weighted by Crippen LogP contribution is -1.95. The van der Waals surface area contributed by atoms with Crippen LogP contribution in [0, 0.1) is 11.8 Å². The Labute approximate surface area is 49.2 Å². The van der Waals surface area contributed by atoms with Crippen LogP contribution in [-0.2, 0) is 0 Å². The van der Waals surface area contributed by atoms with E-state index in [2.05, 4.69) is 11.8 Å². The summed E-state index contributed by atoms with van der Waals surface area (Å²) in [4.78, 5) is 0. The van der Waals surface area contributed by atoms with Crippen molar-refractivity contribution in [1.29, 1.82) is 0 Å². The standard InChI is InChI=1S/C6H10O2/c1-6(8)4-2-3-5-7/h6-8H,4-5H2,1H3. The van der Waals surface area contributed by atoms with Gasteiger partial charge in [-0.1, -0.05) is 11.8 Å². The minimum Gasteiger partial charge on any atom is -0.392 e. The van der Waals surface area contributed by atoms with Gasteiger partial charge in [0.1, 0.15) is 6.61 Å². The van der Waals surface area contributed by atoms with Gasteiger partial charge in [-0.25, -0.2) is 0 Å². The summed E-state index contributed by atoms with van der Waals surface area (Å²) < 4.78 is 0. The van der Waals surface area contributed by atoms with E-state index in [1.165, 1.54) is 0 Å². The van der Waals surface area contributed by atoms with Crippen LogP contribution in [0.25, 0.3) is 0 Å². The molecule has 0 aliphatic heterocycles. The summed E-state index contributed by atoms with van der Waals surface area (Å²) in [6.45, 7) is 1.54. The third kappa shape index (κ3) is 5.48. The monoisotopic (exact) mass is 114 g/mol. The average Bonchev–Trinajstić information content (AvgIpc) is 1.66. The topological polar surface area (TPSA) is 40.5 Å². The minimum atomic E-state index is -0.381. The lowest BCUT2D eigenvalue weighted by atomic mass is 10.3. The van der Waals surface area contributed by atoms with Gasteiger partial charge < -0.3 is 10.2 Å². The van der Waals surface area contributed by atoms with E-state index in [0.717, 1.165) is 0 Å². The Hall–Kier alpha value is -0.520. The smallest absolute Gasteiger partial charge is 0.104 e. The fourth-order valence-electron chi connectivity index (χ4n) is 0.276. The summed E-state index contributed by atoms with van der Waals surface area (Å²) in [6.07, 6.45) is 0.0645. The highest BCUT2D eigenvalue weighted by Crippen LogP contribution is 1.83. The number of rotatable bonds is 1. The Balaban J connectivity index is 3.15. The molecule has 0 bridgehead atoms. The molecule has 1 unspecified atom stereocenters. The number of aliphatic hydroxyl groups is 2. The lowest BCUT2D eigenvalue weighted by molar-refractivity contribution is 0.201. The summed E-state index contributed by atoms with van der Waals surface area (Å²) in [7, 11) is 0. The molecule has 2 nitrogen and oxygen atoms in total. The van der Waals surface area contributed by atoms with Crippen LogP contribution in [-0.4, -0.2) is 22.9 Å². The fraction of sp³-hybridized carbons (Fsp3) is 0.667. The molecule has 0 aromatic heterocycles. The van der Waals surface area contributed by atoms with Gasteiger partial charge in [-0.2, -0.15) is 0 Å². The molecule has 0 aliphatic rings. The van der Waals surface area contributed by atoms with Crippen molar-refractivity contribution in [2.75, 3.05) is 6.61 Å². The van der Waals surface area contributed by atoms with Crippen LogP contribution in [0.5, 0.6) is 0 Å². The van der Waals surface area contributed by atoms with E-state index in [4.69, 9.17) is 10.2 Å². The largest absolute Gasteiger partial charge is 0.392 e. The minimum absolute atomic E-state index is 0.118. The van der Waals surface area contributed by atoms with Crippen molar-refractivity contribution in [1.82, 2.24) is 0 Å². The first-order valence-electron chi connectivity index (χ1n) is 2.52. The summed E-state index contributed by atoms with van der Waals surface area (Å²) in [5.74, 6) is 5.01. The lowest BCUT2D eigenvalue weighted by Gasteiger charge is -1.91. The molecule has 8 heavy (non-hydrogen) atoms. The maximum Gasteiger partial charge on any atom is 0.104 e. The van der Waals surface area contributed by atoms with Crippen LogP contribution >= 0.6 is 0 Å². The van der Waals surface area contributed by atoms with Gasteiger partial charge in [0.15, 0.2) is 0 Å². The quantitative estimate of drug-likeness (QED) is 0.461. The third-order valence-corrected chi connectivity index (χ3v) is 0.602. The van der Waals surface area contributed by atoms with Crippen LogP contribution in [0.3, 0.4) is 0 Å². The number of hydrogen-bond donors (Lipinski definition) is 2. The van der Waals surface area contributed by atoms with E-state index in [-0.39, 0.29) is 12.7 Å². The van der Waals surface area contributed by atoms with Crippen molar-refractivity contribution in [3.63, 3.8) is 0 Å². The summed E-state index contributed by atoms with van der Waals surface area (Å²) in [5.41, 5.74) is 0. The predicted octanol–water partition coefficient (Wildman–Crippen LogP) is -0.247. The summed E-state index contributed by atoms with van der Waals surface area (Å²) in [6, 6.07) is 0. The predicted molar refractivity (Wildman–Crippen MR) is 31.2 cm³/mol. The third-order valence-electron chi connectivity index (χ3n) is 0.602. The molecule has 0 rings (SSSR count). The van der Waals surface area contributed by atoms with E-state index in [9.17, 15) is 0 Å². The second-order valence-electron chi connectivity index (χ2n) is 1.56. The van der Waals surface area contributed by atoms with Crippen LogP contribution in [0.1, 0.15) is 13.3 Å². The van der Waals surface area contributed by atoms with Gasteiger partial charge in [0.25, 0.3) is 0 Å². The maximum atomic E-state index is 8.59. The Bertz CT molecular complexity index is 96.8. The second-order valence-corrected chi connectivity index (χ2v) is 1.56. The van der Waals surface area contributed by atoms with E-state index < -0.39 is 0 Å². The van der Waals surface area contributed by atoms with Gasteiger partial charge in [-0.15, -0.1) is 0 Å². The molecular formula is C6H10O2. The highest BCUT2D eigenvalue weighted by molar-refractivity contribution is 4.99. The zero-order valence-corrected chi connectivity index (χ0v) is 4.89. The molecule has 0 aromatic carbocycles. The molecule has 2 heteroatoms. The van der Waals surface area contributed by atoms with Crippen LogP contribution < -0.4 is 0 Å². The van der Waals surface area contributed by atoms with Crippen LogP contribution in [0.15, 0.2) is 0 Å². The number of hydrogen-bond acceptors (Lipinski definition) is 2. The molecular weight excluding hydrogens is 104 g/mol. The van der Waals surface area contributed by atoms with Gasteiger partial charge in [0.2, 0.25) is 0 Å². The van der Waals surface area contributed by atoms with Gasteiger partial charge >= 0.3 is 0 Å². The second kappa shape index (κ2) is 4.63. The average molecular weight is 114 g/mol. The van der Waals surface area contributed by atoms with Crippen molar-refractivity contribution >= 4 is 0 Å². The van der Waals surface area contributed by atoms with Crippen LogP contribution in [0.4, 0.5) is 0 Å². The van der Waals surface area contributed by atoms with Crippen molar-refractivity contribution in [3.8, 4) is 11.8 Å². The SMILES string of the molecule is CC(O)CC#CCO. The normalized spacial score (nSPS) is 11.9. The molecule has 0 saturated heterocycles. The molecule has 0 aromatic rings. The molecule has 0 amide bonds. The zero-order valence-electron chi connectivity index (χ0n) is 4.89. The van der Waals surface area contributed by atoms with Gasteiger partial charge in [0.05, 0.1) is 6.10 Å². The molecule has 0 heterocycles. The molecule has 0 aliphatic carbocycles. The van der Waals surface area contributed by atoms with E-state index >= 15 is 0 Å². The highest BCUT2D eigenvalue weighted by atomic mass is 16.3. The van der Waals surface area contributed by atoms with Crippen molar-refractivity contribution in [2.24, 2.45) is 0 Å². The molecule has 0 spiro atoms. The summed E-state index contributed by atoms with van der Waals surface area (Å²) >= 11 is 0. The Kier molecular flexibility index (Phi) is 4.33. The van der Waals surface area contributed by atoms with E-state index in [1.807, 2.05) is 0 Å². The molecule has 2 N–H and O–H groups in total. The van der Waals surface area contributed by atoms with Gasteiger partial charge in [-0.3, -0.25) is 0 Å².